The van der Waals surface area contributed by atoms with Gasteiger partial charge < -0.3 is 9.47 Å². The smallest absolute Gasteiger partial charge is 0.271 e. The number of fused-ring (bicyclic) bond motifs is 1. The van der Waals surface area contributed by atoms with Crippen molar-refractivity contribution in [3.8, 4) is 0 Å². The van der Waals surface area contributed by atoms with Crippen LogP contribution >= 0.6 is 11.6 Å². The molecule has 0 fully saturated rings. The molecule has 1 aromatic heterocycles. The van der Waals surface area contributed by atoms with E-state index in [1.165, 1.54) is 0 Å². The van der Waals surface area contributed by atoms with Crippen LogP contribution in [0.1, 0.15) is 53.5 Å². The van der Waals surface area contributed by atoms with Gasteiger partial charge in [-0.05, 0) is 25.3 Å². The van der Waals surface area contributed by atoms with Crippen molar-refractivity contribution in [3.63, 3.8) is 0 Å². The number of nitrogens with zero attached hydrogens (tertiary/aromatic N) is 2. The molecular formula is C15H21ClN2O2. The number of aryl methyl sites for hydroxylation is 1. The summed E-state index contributed by atoms with van der Waals surface area (Å²) in [6.45, 7) is 4.02. The maximum atomic E-state index is 12.6. The van der Waals surface area contributed by atoms with Crippen LogP contribution in [0.3, 0.4) is 0 Å². The number of alkyl halides is 1. The molecule has 0 N–H and O–H groups in total. The van der Waals surface area contributed by atoms with E-state index in [4.69, 9.17) is 11.6 Å². The molecule has 1 aliphatic heterocycles. The first kappa shape index (κ1) is 15.1. The van der Waals surface area contributed by atoms with Gasteiger partial charge in [0.25, 0.3) is 5.91 Å². The van der Waals surface area contributed by atoms with Crippen LogP contribution in [0.4, 0.5) is 0 Å². The molecular weight excluding hydrogens is 276 g/mol. The summed E-state index contributed by atoms with van der Waals surface area (Å²) < 4.78 is 1.91. The molecule has 0 saturated carbocycles. The van der Waals surface area contributed by atoms with E-state index in [1.54, 1.807) is 11.0 Å². The van der Waals surface area contributed by atoms with Crippen molar-refractivity contribution in [1.82, 2.24) is 9.47 Å². The molecule has 110 valence electrons. The maximum Gasteiger partial charge on any atom is 0.271 e. The standard InChI is InChI=1S/C15H21ClN2O2/c1-2-8-18-11-6-13(19)12-5-10-17(9-4-3-7-16)14(12)15(18)20/h5,10H,2-4,6-9,11H2,1H3. The third kappa shape index (κ3) is 3.06. The Balaban J connectivity index is 2.27. The van der Waals surface area contributed by atoms with Gasteiger partial charge >= 0.3 is 0 Å². The van der Waals surface area contributed by atoms with E-state index in [0.717, 1.165) is 25.8 Å². The Labute approximate surface area is 124 Å². The zero-order valence-corrected chi connectivity index (χ0v) is 12.7. The quantitative estimate of drug-likeness (QED) is 0.598. The second kappa shape index (κ2) is 6.93. The highest BCUT2D eigenvalue weighted by atomic mass is 35.5. The number of hydrogen-bond donors (Lipinski definition) is 0. The summed E-state index contributed by atoms with van der Waals surface area (Å²) in [6, 6.07) is 1.78. The summed E-state index contributed by atoms with van der Waals surface area (Å²) in [6.07, 6.45) is 5.01. The predicted octanol–water partition coefficient (Wildman–Crippen LogP) is 2.95. The van der Waals surface area contributed by atoms with Gasteiger partial charge in [0.15, 0.2) is 5.78 Å². The van der Waals surface area contributed by atoms with Crippen LogP contribution in [-0.4, -0.2) is 40.1 Å². The minimum atomic E-state index is -0.0106. The molecule has 0 bridgehead atoms. The lowest BCUT2D eigenvalue weighted by Crippen LogP contribution is -2.33. The van der Waals surface area contributed by atoms with Crippen molar-refractivity contribution < 1.29 is 9.59 Å². The van der Waals surface area contributed by atoms with Crippen LogP contribution in [0.15, 0.2) is 12.3 Å². The molecule has 4 nitrogen and oxygen atoms in total. The number of aromatic nitrogens is 1. The first-order valence-corrected chi connectivity index (χ1v) is 7.80. The number of unbranched alkanes of at least 4 members (excludes halogenated alkanes) is 1. The topological polar surface area (TPSA) is 42.3 Å². The van der Waals surface area contributed by atoms with E-state index in [0.29, 0.717) is 36.6 Å². The number of rotatable bonds is 6. The SMILES string of the molecule is CCCN1CCC(=O)c2ccn(CCCCCl)c2C1=O. The van der Waals surface area contributed by atoms with Gasteiger partial charge in [-0.3, -0.25) is 9.59 Å². The molecule has 1 aromatic rings. The Morgan fingerprint density at radius 1 is 1.25 bits per heavy atom. The lowest BCUT2D eigenvalue weighted by atomic mass is 10.1. The molecule has 0 aliphatic carbocycles. The Morgan fingerprint density at radius 3 is 2.75 bits per heavy atom. The van der Waals surface area contributed by atoms with Crippen LogP contribution in [0, 0.1) is 0 Å². The van der Waals surface area contributed by atoms with Crippen LogP contribution in [0.5, 0.6) is 0 Å². The van der Waals surface area contributed by atoms with Crippen LogP contribution < -0.4 is 0 Å². The lowest BCUT2D eigenvalue weighted by molar-refractivity contribution is 0.0748. The second-order valence-electron chi connectivity index (χ2n) is 5.13. The number of ketones is 1. The fourth-order valence-electron chi connectivity index (χ4n) is 2.60. The largest absolute Gasteiger partial charge is 0.343 e. The number of Topliss-reactive ketones (excluding diaryl/α,β-unsaturated/α-hetero) is 1. The lowest BCUT2D eigenvalue weighted by Gasteiger charge is -2.20. The number of amides is 1. The number of carbonyl (C=O) groups is 2. The van der Waals surface area contributed by atoms with Gasteiger partial charge in [-0.1, -0.05) is 6.92 Å². The molecule has 0 radical (unpaired) electrons. The minimum Gasteiger partial charge on any atom is -0.343 e. The zero-order valence-electron chi connectivity index (χ0n) is 11.9. The Hall–Kier alpha value is -1.29. The van der Waals surface area contributed by atoms with Crippen molar-refractivity contribution in [2.45, 2.75) is 39.2 Å². The molecule has 0 spiro atoms. The van der Waals surface area contributed by atoms with E-state index in [1.807, 2.05) is 17.7 Å². The molecule has 1 aliphatic rings. The molecule has 0 atom stereocenters. The van der Waals surface area contributed by atoms with Gasteiger partial charge in [-0.15, -0.1) is 11.6 Å². The molecule has 2 rings (SSSR count). The highest BCUT2D eigenvalue weighted by Crippen LogP contribution is 2.21. The molecule has 0 aromatic carbocycles. The summed E-state index contributed by atoms with van der Waals surface area (Å²) in [7, 11) is 0. The van der Waals surface area contributed by atoms with Crippen molar-refractivity contribution in [1.29, 1.82) is 0 Å². The summed E-state index contributed by atoms with van der Waals surface area (Å²) in [5, 5.41) is 0. The van der Waals surface area contributed by atoms with Gasteiger partial charge in [0.2, 0.25) is 0 Å². The molecule has 0 unspecified atom stereocenters. The van der Waals surface area contributed by atoms with E-state index in [9.17, 15) is 9.59 Å². The van der Waals surface area contributed by atoms with Crippen molar-refractivity contribution in [2.24, 2.45) is 0 Å². The first-order valence-electron chi connectivity index (χ1n) is 7.26. The Kier molecular flexibility index (Phi) is 5.24. The van der Waals surface area contributed by atoms with Crippen LogP contribution in [0.2, 0.25) is 0 Å². The summed E-state index contributed by atoms with van der Waals surface area (Å²) in [5.74, 6) is 0.685. The summed E-state index contributed by atoms with van der Waals surface area (Å²) in [5.41, 5.74) is 1.15. The average Bonchev–Trinajstić information content (AvgIpc) is 2.82. The maximum absolute atomic E-state index is 12.6. The highest BCUT2D eigenvalue weighted by Gasteiger charge is 2.29. The Bertz CT molecular complexity index is 496. The summed E-state index contributed by atoms with van der Waals surface area (Å²) in [4.78, 5) is 26.5. The van der Waals surface area contributed by atoms with E-state index >= 15 is 0 Å². The summed E-state index contributed by atoms with van der Waals surface area (Å²) >= 11 is 5.69. The third-order valence-corrected chi connectivity index (χ3v) is 3.91. The second-order valence-corrected chi connectivity index (χ2v) is 5.51. The normalized spacial score (nSPS) is 15.4. The van der Waals surface area contributed by atoms with E-state index < -0.39 is 0 Å². The Morgan fingerprint density at radius 2 is 2.05 bits per heavy atom. The van der Waals surface area contributed by atoms with Gasteiger partial charge in [-0.25, -0.2) is 0 Å². The fourth-order valence-corrected chi connectivity index (χ4v) is 2.79. The molecule has 20 heavy (non-hydrogen) atoms. The number of hydrogen-bond acceptors (Lipinski definition) is 2. The molecule has 5 heteroatoms. The van der Waals surface area contributed by atoms with Gasteiger partial charge in [0.05, 0.1) is 0 Å². The first-order chi connectivity index (χ1) is 9.69. The van der Waals surface area contributed by atoms with Crippen molar-refractivity contribution >= 4 is 23.3 Å². The van der Waals surface area contributed by atoms with Crippen LogP contribution in [0.25, 0.3) is 0 Å². The zero-order chi connectivity index (χ0) is 14.5. The minimum absolute atomic E-state index is 0.0106. The van der Waals surface area contributed by atoms with E-state index in [-0.39, 0.29) is 11.7 Å². The molecule has 0 saturated heterocycles. The van der Waals surface area contributed by atoms with Gasteiger partial charge in [0.1, 0.15) is 5.69 Å². The fraction of sp³-hybridized carbons (Fsp3) is 0.600. The van der Waals surface area contributed by atoms with Gasteiger partial charge in [0, 0.05) is 43.7 Å². The number of carbonyl (C=O) groups excluding carboxylic acids is 2. The number of halogens is 1. The van der Waals surface area contributed by atoms with Gasteiger partial charge in [-0.2, -0.15) is 0 Å². The van der Waals surface area contributed by atoms with E-state index in [2.05, 4.69) is 0 Å². The predicted molar refractivity (Wildman–Crippen MR) is 79.5 cm³/mol. The average molecular weight is 297 g/mol. The molecule has 2 heterocycles. The molecule has 1 amide bonds. The third-order valence-electron chi connectivity index (χ3n) is 3.64. The highest BCUT2D eigenvalue weighted by molar-refractivity contribution is 6.17. The van der Waals surface area contributed by atoms with Crippen molar-refractivity contribution in [3.05, 3.63) is 23.5 Å². The monoisotopic (exact) mass is 296 g/mol. The van der Waals surface area contributed by atoms with Crippen LogP contribution in [-0.2, 0) is 6.54 Å². The van der Waals surface area contributed by atoms with Crippen molar-refractivity contribution in [2.75, 3.05) is 19.0 Å².